The fourth-order valence-corrected chi connectivity index (χ4v) is 4.24. The highest BCUT2D eigenvalue weighted by molar-refractivity contribution is 5.83. The minimum absolute atomic E-state index is 0.0838. The topological polar surface area (TPSA) is 49.8 Å². The first kappa shape index (κ1) is 20.7. The van der Waals surface area contributed by atoms with Crippen LogP contribution in [0, 0.1) is 5.92 Å². The second-order valence-corrected chi connectivity index (χ2v) is 8.02. The summed E-state index contributed by atoms with van der Waals surface area (Å²) in [6, 6.07) is 12.3. The summed E-state index contributed by atoms with van der Waals surface area (Å²) in [5.41, 5.74) is 0.122. The predicted molar refractivity (Wildman–Crippen MR) is 105 cm³/mol. The first-order valence-corrected chi connectivity index (χ1v) is 10.2. The highest BCUT2D eigenvalue weighted by atomic mass is 19.4. The molecule has 1 heterocycles. The van der Waals surface area contributed by atoms with Gasteiger partial charge in [0.25, 0.3) is 0 Å². The molecule has 4 nitrogen and oxygen atoms in total. The minimum Gasteiger partial charge on any atom is -0.508 e. The van der Waals surface area contributed by atoms with Gasteiger partial charge in [-0.15, -0.1) is 0 Å². The fourth-order valence-electron chi connectivity index (χ4n) is 4.24. The quantitative estimate of drug-likeness (QED) is 0.737. The molecule has 3 atom stereocenters. The number of ether oxygens (including phenoxy) is 1. The highest BCUT2D eigenvalue weighted by Crippen LogP contribution is 2.52. The standard InChI is InChI=1S/C23H24F3NO3/c24-23(25,26)20-9-3-2-8-17(20)18-12-19(18)22(29)27(14-16-7-5-11-30-16)13-15-6-1-4-10-21(15)28/h1-4,6,8-10,16,18-19,28H,5,7,11-14H2. The van der Waals surface area contributed by atoms with E-state index in [0.29, 0.717) is 25.1 Å². The molecule has 1 aliphatic heterocycles. The molecule has 1 saturated carbocycles. The molecule has 2 fully saturated rings. The van der Waals surface area contributed by atoms with E-state index in [1.54, 1.807) is 35.2 Å². The second kappa shape index (κ2) is 8.30. The minimum atomic E-state index is -4.44. The van der Waals surface area contributed by atoms with Crippen molar-refractivity contribution in [3.63, 3.8) is 0 Å². The van der Waals surface area contributed by atoms with E-state index in [9.17, 15) is 23.1 Å². The van der Waals surface area contributed by atoms with E-state index in [2.05, 4.69) is 0 Å². The summed E-state index contributed by atoms with van der Waals surface area (Å²) < 4.78 is 45.8. The molecule has 2 aromatic carbocycles. The Bertz CT molecular complexity index is 909. The lowest BCUT2D eigenvalue weighted by Gasteiger charge is -2.26. The number of phenols is 1. The van der Waals surface area contributed by atoms with E-state index in [0.717, 1.165) is 18.9 Å². The molecule has 160 valence electrons. The van der Waals surface area contributed by atoms with E-state index in [1.165, 1.54) is 12.1 Å². The van der Waals surface area contributed by atoms with Crippen LogP contribution >= 0.6 is 0 Å². The number of alkyl halides is 3. The van der Waals surface area contributed by atoms with Crippen LogP contribution in [0.5, 0.6) is 5.75 Å². The van der Waals surface area contributed by atoms with E-state index in [4.69, 9.17) is 4.74 Å². The first-order valence-electron chi connectivity index (χ1n) is 10.2. The Hall–Kier alpha value is -2.54. The Morgan fingerprint density at radius 1 is 1.13 bits per heavy atom. The molecule has 2 aromatic rings. The average Bonchev–Trinajstić information content (AvgIpc) is 3.35. The Kier molecular flexibility index (Phi) is 5.73. The van der Waals surface area contributed by atoms with Gasteiger partial charge in [0.05, 0.1) is 11.7 Å². The summed E-state index contributed by atoms with van der Waals surface area (Å²) in [5.74, 6) is -1.01. The van der Waals surface area contributed by atoms with Crippen molar-refractivity contribution < 1.29 is 27.8 Å². The zero-order valence-corrected chi connectivity index (χ0v) is 16.4. The Labute approximate surface area is 173 Å². The average molecular weight is 419 g/mol. The van der Waals surface area contributed by atoms with Crippen LogP contribution in [0.4, 0.5) is 13.2 Å². The van der Waals surface area contributed by atoms with E-state index in [1.807, 2.05) is 0 Å². The fraction of sp³-hybridized carbons (Fsp3) is 0.435. The summed E-state index contributed by atoms with van der Waals surface area (Å²) in [4.78, 5) is 14.9. The molecule has 0 bridgehead atoms. The van der Waals surface area contributed by atoms with E-state index in [-0.39, 0.29) is 29.9 Å². The maximum absolute atomic E-state index is 13.4. The van der Waals surface area contributed by atoms with Gasteiger partial charge in [0.15, 0.2) is 0 Å². The lowest BCUT2D eigenvalue weighted by molar-refractivity contribution is -0.139. The molecule has 3 unspecified atom stereocenters. The van der Waals surface area contributed by atoms with Crippen LogP contribution in [0.2, 0.25) is 0 Å². The van der Waals surface area contributed by atoms with Crippen molar-refractivity contribution in [1.82, 2.24) is 4.90 Å². The molecule has 4 rings (SSSR count). The molecule has 0 radical (unpaired) electrons. The molecule has 1 saturated heterocycles. The number of phenolic OH excluding ortho intramolecular Hbond substituents is 1. The molecule has 2 aliphatic rings. The number of nitrogens with zero attached hydrogens (tertiary/aromatic N) is 1. The number of carbonyl (C=O) groups is 1. The largest absolute Gasteiger partial charge is 0.508 e. The van der Waals surface area contributed by atoms with Crippen LogP contribution in [0.3, 0.4) is 0 Å². The Balaban J connectivity index is 1.53. The zero-order chi connectivity index (χ0) is 21.3. The maximum atomic E-state index is 13.4. The Morgan fingerprint density at radius 2 is 1.87 bits per heavy atom. The third-order valence-electron chi connectivity index (χ3n) is 5.89. The predicted octanol–water partition coefficient (Wildman–Crippen LogP) is 4.72. The van der Waals surface area contributed by atoms with Crippen LogP contribution in [-0.2, 0) is 22.3 Å². The molecular formula is C23H24F3NO3. The number of para-hydroxylation sites is 1. The monoisotopic (exact) mass is 419 g/mol. The van der Waals surface area contributed by atoms with Crippen molar-refractivity contribution in [3.05, 3.63) is 65.2 Å². The van der Waals surface area contributed by atoms with Gasteiger partial charge in [-0.25, -0.2) is 0 Å². The SMILES string of the molecule is O=C(C1CC1c1ccccc1C(F)(F)F)N(Cc1ccccc1O)CC1CCCO1. The molecule has 0 spiro atoms. The smallest absolute Gasteiger partial charge is 0.416 e. The molecule has 1 aliphatic carbocycles. The normalized spacial score (nSPS) is 23.4. The molecule has 1 amide bonds. The number of aromatic hydroxyl groups is 1. The van der Waals surface area contributed by atoms with Crippen molar-refractivity contribution in [2.75, 3.05) is 13.2 Å². The van der Waals surface area contributed by atoms with Gasteiger partial charge >= 0.3 is 6.18 Å². The van der Waals surface area contributed by atoms with Gasteiger partial charge < -0.3 is 14.7 Å². The van der Waals surface area contributed by atoms with Gasteiger partial charge in [0.1, 0.15) is 5.75 Å². The zero-order valence-electron chi connectivity index (χ0n) is 16.4. The van der Waals surface area contributed by atoms with Crippen molar-refractivity contribution >= 4 is 5.91 Å². The van der Waals surface area contributed by atoms with Crippen molar-refractivity contribution in [2.24, 2.45) is 5.92 Å². The van der Waals surface area contributed by atoms with Crippen molar-refractivity contribution in [3.8, 4) is 5.75 Å². The summed E-state index contributed by atoms with van der Waals surface area (Å²) in [6.07, 6.45) is -2.36. The second-order valence-electron chi connectivity index (χ2n) is 8.02. The van der Waals surface area contributed by atoms with E-state index >= 15 is 0 Å². The van der Waals surface area contributed by atoms with Crippen LogP contribution < -0.4 is 0 Å². The molecule has 1 N–H and O–H groups in total. The van der Waals surface area contributed by atoms with Gasteiger partial charge in [0, 0.05) is 31.2 Å². The van der Waals surface area contributed by atoms with Crippen LogP contribution in [0.1, 0.15) is 41.9 Å². The molecule has 0 aromatic heterocycles. The van der Waals surface area contributed by atoms with Crippen molar-refractivity contribution in [1.29, 1.82) is 0 Å². The van der Waals surface area contributed by atoms with Gasteiger partial charge in [-0.05, 0) is 42.9 Å². The maximum Gasteiger partial charge on any atom is 0.416 e. The number of carbonyl (C=O) groups excluding carboxylic acids is 1. The number of hydrogen-bond donors (Lipinski definition) is 1. The molecular weight excluding hydrogens is 395 g/mol. The number of halogens is 3. The highest BCUT2D eigenvalue weighted by Gasteiger charge is 2.49. The number of rotatable bonds is 6. The molecule has 7 heteroatoms. The van der Waals surface area contributed by atoms with Crippen LogP contribution in [0.15, 0.2) is 48.5 Å². The summed E-state index contributed by atoms with van der Waals surface area (Å²) >= 11 is 0. The first-order chi connectivity index (χ1) is 14.3. The number of amides is 1. The Morgan fingerprint density at radius 3 is 2.57 bits per heavy atom. The van der Waals surface area contributed by atoms with Crippen molar-refractivity contribution in [2.45, 2.75) is 44.0 Å². The summed E-state index contributed by atoms with van der Waals surface area (Å²) in [5, 5.41) is 10.1. The lowest BCUT2D eigenvalue weighted by Crippen LogP contribution is -2.38. The van der Waals surface area contributed by atoms with Gasteiger partial charge in [-0.3, -0.25) is 4.79 Å². The van der Waals surface area contributed by atoms with Crippen LogP contribution in [0.25, 0.3) is 0 Å². The van der Waals surface area contributed by atoms with Gasteiger partial charge in [-0.1, -0.05) is 36.4 Å². The third-order valence-corrected chi connectivity index (χ3v) is 5.89. The number of benzene rings is 2. The lowest BCUT2D eigenvalue weighted by atomic mass is 10.0. The number of hydrogen-bond acceptors (Lipinski definition) is 3. The third kappa shape index (κ3) is 4.46. The molecule has 30 heavy (non-hydrogen) atoms. The van der Waals surface area contributed by atoms with Crippen LogP contribution in [-0.4, -0.2) is 35.2 Å². The summed E-state index contributed by atoms with van der Waals surface area (Å²) in [7, 11) is 0. The van der Waals surface area contributed by atoms with Gasteiger partial charge in [0.2, 0.25) is 5.91 Å². The van der Waals surface area contributed by atoms with Gasteiger partial charge in [-0.2, -0.15) is 13.2 Å². The summed E-state index contributed by atoms with van der Waals surface area (Å²) in [6.45, 7) is 1.22. The van der Waals surface area contributed by atoms with E-state index < -0.39 is 23.6 Å².